The van der Waals surface area contributed by atoms with Crippen LogP contribution in [0, 0.1) is 6.92 Å². The van der Waals surface area contributed by atoms with E-state index in [1.807, 2.05) is 26.0 Å². The van der Waals surface area contributed by atoms with Crippen molar-refractivity contribution in [3.8, 4) is 5.75 Å². The highest BCUT2D eigenvalue weighted by Gasteiger charge is 2.16. The number of amides is 1. The Balaban J connectivity index is 2.22. The summed E-state index contributed by atoms with van der Waals surface area (Å²) in [6, 6.07) is 14.3. The number of unbranched alkanes of at least 4 members (excludes halogenated alkanes) is 1. The van der Waals surface area contributed by atoms with E-state index in [9.17, 15) is 9.59 Å². The van der Waals surface area contributed by atoms with Crippen LogP contribution in [0.25, 0.3) is 6.08 Å². The molecule has 0 atom stereocenters. The summed E-state index contributed by atoms with van der Waals surface area (Å²) in [5, 5.41) is 2.67. The maximum atomic E-state index is 12.5. The van der Waals surface area contributed by atoms with Gasteiger partial charge < -0.3 is 14.8 Å². The molecule has 0 saturated heterocycles. The fraction of sp³-hybridized carbons (Fsp3) is 0.273. The van der Waals surface area contributed by atoms with Crippen LogP contribution in [-0.2, 0) is 9.53 Å². The topological polar surface area (TPSA) is 64.6 Å². The van der Waals surface area contributed by atoms with E-state index in [0.29, 0.717) is 17.9 Å². The summed E-state index contributed by atoms with van der Waals surface area (Å²) in [6.07, 6.45) is 3.29. The van der Waals surface area contributed by atoms with Gasteiger partial charge in [-0.2, -0.15) is 0 Å². The molecule has 2 aromatic rings. The van der Waals surface area contributed by atoms with Crippen molar-refractivity contribution in [1.29, 1.82) is 0 Å². The molecular weight excluding hydrogens is 342 g/mol. The summed E-state index contributed by atoms with van der Waals surface area (Å²) in [5.41, 5.74) is 2.38. The van der Waals surface area contributed by atoms with E-state index < -0.39 is 5.97 Å². The van der Waals surface area contributed by atoms with Gasteiger partial charge in [-0.1, -0.05) is 43.2 Å². The molecular formula is C22H25NO4. The van der Waals surface area contributed by atoms with Gasteiger partial charge >= 0.3 is 5.97 Å². The Bertz CT molecular complexity index is 792. The Morgan fingerprint density at radius 3 is 2.30 bits per heavy atom. The fourth-order valence-electron chi connectivity index (χ4n) is 2.30. The van der Waals surface area contributed by atoms with Gasteiger partial charge in [0.15, 0.2) is 0 Å². The molecule has 0 aliphatic heterocycles. The zero-order valence-corrected chi connectivity index (χ0v) is 16.0. The third-order valence-electron chi connectivity index (χ3n) is 3.94. The number of rotatable bonds is 8. The lowest BCUT2D eigenvalue weighted by Gasteiger charge is -2.11. The fourth-order valence-corrected chi connectivity index (χ4v) is 2.30. The quantitative estimate of drug-likeness (QED) is 0.433. The molecule has 0 radical (unpaired) electrons. The van der Waals surface area contributed by atoms with E-state index >= 15 is 0 Å². The average Bonchev–Trinajstić information content (AvgIpc) is 2.68. The smallest absolute Gasteiger partial charge is 0.354 e. The summed E-state index contributed by atoms with van der Waals surface area (Å²) >= 11 is 0. The standard InChI is InChI=1S/C22H25NO4/c1-4-5-14-27-22(25)20(15-17-8-12-19(26-3)13-9-17)23-21(24)18-10-6-16(2)7-11-18/h6-13,15H,4-5,14H2,1-3H3,(H,23,24)/b20-15+. The lowest BCUT2D eigenvalue weighted by Crippen LogP contribution is -2.28. The van der Waals surface area contributed by atoms with Gasteiger partial charge in [0.2, 0.25) is 0 Å². The first kappa shape index (κ1) is 20.2. The summed E-state index contributed by atoms with van der Waals surface area (Å²) in [5.74, 6) is -0.204. The molecule has 1 amide bonds. The Hall–Kier alpha value is -3.08. The van der Waals surface area contributed by atoms with E-state index in [1.54, 1.807) is 49.6 Å². The molecule has 2 rings (SSSR count). The summed E-state index contributed by atoms with van der Waals surface area (Å²) in [4.78, 5) is 24.9. The van der Waals surface area contributed by atoms with Gasteiger partial charge in [-0.25, -0.2) is 4.79 Å². The van der Waals surface area contributed by atoms with Crippen molar-refractivity contribution in [3.63, 3.8) is 0 Å². The van der Waals surface area contributed by atoms with Crippen molar-refractivity contribution in [3.05, 3.63) is 70.9 Å². The molecule has 0 saturated carbocycles. The van der Waals surface area contributed by atoms with Crippen LogP contribution in [-0.4, -0.2) is 25.6 Å². The van der Waals surface area contributed by atoms with E-state index in [0.717, 1.165) is 24.0 Å². The van der Waals surface area contributed by atoms with E-state index in [4.69, 9.17) is 9.47 Å². The van der Waals surface area contributed by atoms with Crippen LogP contribution in [0.15, 0.2) is 54.2 Å². The lowest BCUT2D eigenvalue weighted by atomic mass is 10.1. The van der Waals surface area contributed by atoms with Gasteiger partial charge in [-0.15, -0.1) is 0 Å². The monoisotopic (exact) mass is 367 g/mol. The molecule has 0 unspecified atom stereocenters. The number of ether oxygens (including phenoxy) is 2. The van der Waals surface area contributed by atoms with Gasteiger partial charge in [0.1, 0.15) is 11.4 Å². The maximum absolute atomic E-state index is 12.5. The first-order valence-electron chi connectivity index (χ1n) is 8.94. The second kappa shape index (κ2) is 10.2. The van der Waals surface area contributed by atoms with Crippen molar-refractivity contribution >= 4 is 18.0 Å². The van der Waals surface area contributed by atoms with Crippen molar-refractivity contribution in [2.45, 2.75) is 26.7 Å². The normalized spacial score (nSPS) is 11.0. The molecule has 0 aliphatic carbocycles. The molecule has 27 heavy (non-hydrogen) atoms. The summed E-state index contributed by atoms with van der Waals surface area (Å²) in [6.45, 7) is 4.28. The molecule has 0 aromatic heterocycles. The van der Waals surface area contributed by atoms with Gasteiger partial charge in [0.05, 0.1) is 13.7 Å². The number of benzene rings is 2. The second-order valence-electron chi connectivity index (χ2n) is 6.14. The number of hydrogen-bond donors (Lipinski definition) is 1. The highest BCUT2D eigenvalue weighted by Crippen LogP contribution is 2.14. The third kappa shape index (κ3) is 6.29. The highest BCUT2D eigenvalue weighted by atomic mass is 16.5. The minimum absolute atomic E-state index is 0.0989. The zero-order valence-electron chi connectivity index (χ0n) is 16.0. The molecule has 0 bridgehead atoms. The van der Waals surface area contributed by atoms with Crippen LogP contribution < -0.4 is 10.1 Å². The predicted molar refractivity (Wildman–Crippen MR) is 105 cm³/mol. The number of carbonyl (C=O) groups excluding carboxylic acids is 2. The first-order valence-corrected chi connectivity index (χ1v) is 8.94. The van der Waals surface area contributed by atoms with Gasteiger partial charge in [0.25, 0.3) is 5.91 Å². The molecule has 0 spiro atoms. The van der Waals surface area contributed by atoms with Gasteiger partial charge in [0, 0.05) is 5.56 Å². The molecule has 1 N–H and O–H groups in total. The Morgan fingerprint density at radius 1 is 1.04 bits per heavy atom. The summed E-state index contributed by atoms with van der Waals surface area (Å²) in [7, 11) is 1.59. The number of carbonyl (C=O) groups is 2. The van der Waals surface area contributed by atoms with Crippen LogP contribution in [0.5, 0.6) is 5.75 Å². The Morgan fingerprint density at radius 2 is 1.70 bits per heavy atom. The lowest BCUT2D eigenvalue weighted by molar-refractivity contribution is -0.139. The minimum Gasteiger partial charge on any atom is -0.497 e. The number of nitrogens with one attached hydrogen (secondary N) is 1. The second-order valence-corrected chi connectivity index (χ2v) is 6.14. The average molecular weight is 367 g/mol. The molecule has 142 valence electrons. The van der Waals surface area contributed by atoms with E-state index in [-0.39, 0.29) is 11.6 Å². The Kier molecular flexibility index (Phi) is 7.62. The van der Waals surface area contributed by atoms with E-state index in [2.05, 4.69) is 5.32 Å². The van der Waals surface area contributed by atoms with Crippen LogP contribution >= 0.6 is 0 Å². The van der Waals surface area contributed by atoms with Crippen molar-refractivity contribution < 1.29 is 19.1 Å². The number of hydrogen-bond acceptors (Lipinski definition) is 4. The first-order chi connectivity index (χ1) is 13.0. The van der Waals surface area contributed by atoms with Crippen LogP contribution in [0.3, 0.4) is 0 Å². The largest absolute Gasteiger partial charge is 0.497 e. The SMILES string of the molecule is CCCCOC(=O)/C(=C\c1ccc(OC)cc1)NC(=O)c1ccc(C)cc1. The highest BCUT2D eigenvalue weighted by molar-refractivity contribution is 6.03. The van der Waals surface area contributed by atoms with Crippen LogP contribution in [0.4, 0.5) is 0 Å². The molecule has 0 heterocycles. The zero-order chi connectivity index (χ0) is 19.6. The van der Waals surface area contributed by atoms with Gasteiger partial charge in [-0.05, 0) is 49.2 Å². The molecule has 5 heteroatoms. The van der Waals surface area contributed by atoms with Crippen molar-refractivity contribution in [2.24, 2.45) is 0 Å². The minimum atomic E-state index is -0.556. The Labute approximate surface area is 160 Å². The van der Waals surface area contributed by atoms with E-state index in [1.165, 1.54) is 0 Å². The maximum Gasteiger partial charge on any atom is 0.354 e. The van der Waals surface area contributed by atoms with Crippen LogP contribution in [0.1, 0.15) is 41.3 Å². The number of esters is 1. The number of methoxy groups -OCH3 is 1. The van der Waals surface area contributed by atoms with Gasteiger partial charge in [-0.3, -0.25) is 4.79 Å². The van der Waals surface area contributed by atoms with Crippen molar-refractivity contribution in [1.82, 2.24) is 5.32 Å². The predicted octanol–water partition coefficient (Wildman–Crippen LogP) is 4.12. The molecule has 0 aliphatic rings. The van der Waals surface area contributed by atoms with Crippen LogP contribution in [0.2, 0.25) is 0 Å². The third-order valence-corrected chi connectivity index (χ3v) is 3.94. The molecule has 0 fully saturated rings. The molecule has 2 aromatic carbocycles. The van der Waals surface area contributed by atoms with Crippen molar-refractivity contribution in [2.75, 3.05) is 13.7 Å². The molecule has 5 nitrogen and oxygen atoms in total. The number of aryl methyl sites for hydroxylation is 1. The summed E-state index contributed by atoms with van der Waals surface area (Å²) < 4.78 is 10.4.